The third kappa shape index (κ3) is 9.70. The zero-order chi connectivity index (χ0) is 8.36. The molecule has 0 spiro atoms. The fraction of sp³-hybridized carbons (Fsp3) is 0.800. The molecule has 0 saturated carbocycles. The highest BCUT2D eigenvalue weighted by Crippen LogP contribution is 2.00. The summed E-state index contributed by atoms with van der Waals surface area (Å²) in [5.41, 5.74) is 0. The third-order valence-corrected chi connectivity index (χ3v) is 1.62. The number of hydrogen-bond donors (Lipinski definition) is 0. The first-order valence-electron chi connectivity index (χ1n) is 4.55. The van der Waals surface area contributed by atoms with Gasteiger partial charge in [-0.25, -0.2) is 0 Å². The van der Waals surface area contributed by atoms with Gasteiger partial charge in [-0.15, -0.1) is 0 Å². The summed E-state index contributed by atoms with van der Waals surface area (Å²) in [6.45, 7) is 3.08. The van der Waals surface area contributed by atoms with Crippen LogP contribution in [0.5, 0.6) is 0 Å². The van der Waals surface area contributed by atoms with Crippen LogP contribution in [0.25, 0.3) is 0 Å². The van der Waals surface area contributed by atoms with Gasteiger partial charge < -0.3 is 4.74 Å². The molecule has 0 unspecified atom stereocenters. The van der Waals surface area contributed by atoms with Crippen LogP contribution in [0.1, 0.15) is 39.0 Å². The Kier molecular flexibility index (Phi) is 9.44. The number of allylic oxidation sites excluding steroid dienone is 2. The van der Waals surface area contributed by atoms with E-state index in [4.69, 9.17) is 4.74 Å². The first-order chi connectivity index (χ1) is 5.41. The lowest BCUT2D eigenvalue weighted by Gasteiger charge is -1.96. The molecule has 11 heavy (non-hydrogen) atoms. The second-order valence-electron chi connectivity index (χ2n) is 2.72. The Morgan fingerprint density at radius 2 is 1.91 bits per heavy atom. The van der Waals surface area contributed by atoms with Crippen molar-refractivity contribution in [2.45, 2.75) is 39.0 Å². The minimum atomic E-state index is 0.914. The van der Waals surface area contributed by atoms with Gasteiger partial charge in [-0.2, -0.15) is 0 Å². The smallest absolute Gasteiger partial charge is 0.0462 e. The van der Waals surface area contributed by atoms with E-state index < -0.39 is 0 Å². The van der Waals surface area contributed by atoms with Crippen LogP contribution < -0.4 is 0 Å². The zero-order valence-electron chi connectivity index (χ0n) is 7.81. The summed E-state index contributed by atoms with van der Waals surface area (Å²) in [5, 5.41) is 0. The van der Waals surface area contributed by atoms with Crippen molar-refractivity contribution in [3.63, 3.8) is 0 Å². The predicted octanol–water partition coefficient (Wildman–Crippen LogP) is 3.16. The van der Waals surface area contributed by atoms with Crippen molar-refractivity contribution in [3.05, 3.63) is 12.2 Å². The van der Waals surface area contributed by atoms with Gasteiger partial charge in [-0.1, -0.05) is 25.5 Å². The molecule has 0 rings (SSSR count). The van der Waals surface area contributed by atoms with Crippen LogP contribution in [0.2, 0.25) is 0 Å². The Hall–Kier alpha value is -0.300. The summed E-state index contributed by atoms with van der Waals surface area (Å²) >= 11 is 0. The summed E-state index contributed by atoms with van der Waals surface area (Å²) in [6, 6.07) is 0. The summed E-state index contributed by atoms with van der Waals surface area (Å²) in [6.07, 6.45) is 10.7. The Morgan fingerprint density at radius 3 is 2.55 bits per heavy atom. The molecular weight excluding hydrogens is 136 g/mol. The molecule has 0 radical (unpaired) electrons. The average Bonchev–Trinajstić information content (AvgIpc) is 2.03. The summed E-state index contributed by atoms with van der Waals surface area (Å²) in [4.78, 5) is 0. The third-order valence-electron chi connectivity index (χ3n) is 1.62. The van der Waals surface area contributed by atoms with Gasteiger partial charge in [-0.3, -0.25) is 0 Å². The predicted molar refractivity (Wildman–Crippen MR) is 49.8 cm³/mol. The van der Waals surface area contributed by atoms with Gasteiger partial charge in [0.15, 0.2) is 0 Å². The number of ether oxygens (including phenoxy) is 1. The van der Waals surface area contributed by atoms with Gasteiger partial charge in [0, 0.05) is 13.7 Å². The first kappa shape index (κ1) is 10.7. The molecule has 0 aromatic rings. The number of methoxy groups -OCH3 is 1. The maximum absolute atomic E-state index is 4.95. The number of unbranched alkanes of at least 4 members (excludes halogenated alkanes) is 3. The fourth-order valence-corrected chi connectivity index (χ4v) is 0.970. The minimum absolute atomic E-state index is 0.914. The molecule has 0 aliphatic rings. The van der Waals surface area contributed by atoms with E-state index in [1.165, 1.54) is 25.7 Å². The summed E-state index contributed by atoms with van der Waals surface area (Å²) in [7, 11) is 1.76. The van der Waals surface area contributed by atoms with E-state index in [0.717, 1.165) is 13.0 Å². The summed E-state index contributed by atoms with van der Waals surface area (Å²) < 4.78 is 4.95. The normalized spacial score (nSPS) is 11.1. The van der Waals surface area contributed by atoms with Crippen molar-refractivity contribution in [2.75, 3.05) is 13.7 Å². The van der Waals surface area contributed by atoms with Crippen LogP contribution in [0.3, 0.4) is 0 Å². The summed E-state index contributed by atoms with van der Waals surface area (Å²) in [5.74, 6) is 0. The zero-order valence-corrected chi connectivity index (χ0v) is 7.81. The molecular formula is C10H20O. The van der Waals surface area contributed by atoms with Crippen LogP contribution in [-0.2, 0) is 4.74 Å². The molecule has 0 bridgehead atoms. The molecule has 0 aromatic carbocycles. The van der Waals surface area contributed by atoms with Gasteiger partial charge in [0.1, 0.15) is 0 Å². The fourth-order valence-electron chi connectivity index (χ4n) is 0.970. The molecule has 1 nitrogen and oxygen atoms in total. The van der Waals surface area contributed by atoms with E-state index >= 15 is 0 Å². The molecule has 0 saturated heterocycles. The lowest BCUT2D eigenvalue weighted by molar-refractivity contribution is 0.192. The van der Waals surface area contributed by atoms with E-state index in [9.17, 15) is 0 Å². The number of hydrogen-bond acceptors (Lipinski definition) is 1. The highest BCUT2D eigenvalue weighted by Gasteiger charge is 1.85. The topological polar surface area (TPSA) is 9.23 Å². The molecule has 0 fully saturated rings. The Balaban J connectivity index is 2.85. The van der Waals surface area contributed by atoms with E-state index in [1.54, 1.807) is 7.11 Å². The second kappa shape index (κ2) is 9.70. The Labute approximate surface area is 70.4 Å². The molecule has 66 valence electrons. The average molecular weight is 156 g/mol. The van der Waals surface area contributed by atoms with Crippen LogP contribution in [0.4, 0.5) is 0 Å². The highest BCUT2D eigenvalue weighted by atomic mass is 16.5. The molecule has 0 aliphatic heterocycles. The van der Waals surface area contributed by atoms with E-state index in [0.29, 0.717) is 0 Å². The van der Waals surface area contributed by atoms with Gasteiger partial charge in [0.25, 0.3) is 0 Å². The van der Waals surface area contributed by atoms with Crippen molar-refractivity contribution in [1.82, 2.24) is 0 Å². The molecule has 0 atom stereocenters. The van der Waals surface area contributed by atoms with Crippen molar-refractivity contribution in [2.24, 2.45) is 0 Å². The van der Waals surface area contributed by atoms with Gasteiger partial charge in [0.2, 0.25) is 0 Å². The molecule has 0 aromatic heterocycles. The van der Waals surface area contributed by atoms with E-state index in [1.807, 2.05) is 0 Å². The monoisotopic (exact) mass is 156 g/mol. The van der Waals surface area contributed by atoms with Gasteiger partial charge >= 0.3 is 0 Å². The minimum Gasteiger partial charge on any atom is -0.385 e. The SMILES string of the molecule is CCC=CCCCCCOC. The van der Waals surface area contributed by atoms with Gasteiger partial charge in [-0.05, 0) is 25.7 Å². The standard InChI is InChI=1S/C10H20O/c1-3-4-5-6-7-8-9-10-11-2/h4-5H,3,6-10H2,1-2H3. The lowest BCUT2D eigenvalue weighted by atomic mass is 10.2. The molecule has 0 N–H and O–H groups in total. The highest BCUT2D eigenvalue weighted by molar-refractivity contribution is 4.79. The maximum atomic E-state index is 4.95. The van der Waals surface area contributed by atoms with Crippen LogP contribution in [-0.4, -0.2) is 13.7 Å². The van der Waals surface area contributed by atoms with Crippen molar-refractivity contribution in [3.8, 4) is 0 Å². The van der Waals surface area contributed by atoms with E-state index in [-0.39, 0.29) is 0 Å². The van der Waals surface area contributed by atoms with Crippen molar-refractivity contribution in [1.29, 1.82) is 0 Å². The second-order valence-corrected chi connectivity index (χ2v) is 2.72. The Morgan fingerprint density at radius 1 is 1.09 bits per heavy atom. The quantitative estimate of drug-likeness (QED) is 0.406. The van der Waals surface area contributed by atoms with Gasteiger partial charge in [0.05, 0.1) is 0 Å². The van der Waals surface area contributed by atoms with Crippen LogP contribution in [0.15, 0.2) is 12.2 Å². The molecule has 1 heteroatoms. The van der Waals surface area contributed by atoms with Crippen molar-refractivity contribution >= 4 is 0 Å². The molecule has 0 amide bonds. The lowest BCUT2D eigenvalue weighted by Crippen LogP contribution is -1.87. The van der Waals surface area contributed by atoms with E-state index in [2.05, 4.69) is 19.1 Å². The number of rotatable bonds is 7. The maximum Gasteiger partial charge on any atom is 0.0462 e. The first-order valence-corrected chi connectivity index (χ1v) is 4.55. The molecule has 0 heterocycles. The van der Waals surface area contributed by atoms with Crippen molar-refractivity contribution < 1.29 is 4.74 Å². The largest absolute Gasteiger partial charge is 0.385 e. The van der Waals surface area contributed by atoms with Crippen LogP contribution in [0, 0.1) is 0 Å². The molecule has 0 aliphatic carbocycles. The Bertz CT molecular complexity index is 86.9. The van der Waals surface area contributed by atoms with Crippen LogP contribution >= 0.6 is 0 Å².